The highest BCUT2D eigenvalue weighted by atomic mass is 32.2. The first-order valence-corrected chi connectivity index (χ1v) is 8.44. The molecule has 0 radical (unpaired) electrons. The first-order valence-electron chi connectivity index (χ1n) is 6.12. The first kappa shape index (κ1) is 15.1. The molecule has 0 aliphatic carbocycles. The van der Waals surface area contributed by atoms with Gasteiger partial charge in [-0.2, -0.15) is 0 Å². The Morgan fingerprint density at radius 2 is 2.00 bits per heavy atom. The Kier molecular flexibility index (Phi) is 4.26. The first-order chi connectivity index (χ1) is 9.34. The summed E-state index contributed by atoms with van der Waals surface area (Å²) in [5, 5.41) is 3.70. The maximum absolute atomic E-state index is 12.5. The van der Waals surface area contributed by atoms with Crippen LogP contribution in [-0.4, -0.2) is 36.5 Å². The molecule has 0 saturated heterocycles. The van der Waals surface area contributed by atoms with E-state index in [9.17, 15) is 8.42 Å². The lowest BCUT2D eigenvalue weighted by Crippen LogP contribution is -2.29. The number of likely N-dealkylation sites (N-methyl/N-ethyl adjacent to an activating group) is 1. The third-order valence-electron chi connectivity index (χ3n) is 3.13. The highest BCUT2D eigenvalue weighted by Crippen LogP contribution is 2.23. The van der Waals surface area contributed by atoms with Crippen molar-refractivity contribution in [1.82, 2.24) is 14.4 Å². The second kappa shape index (κ2) is 5.63. The van der Waals surface area contributed by atoms with Crippen LogP contribution in [0, 0.1) is 20.8 Å². The lowest BCUT2D eigenvalue weighted by Gasteiger charge is -2.16. The van der Waals surface area contributed by atoms with Gasteiger partial charge in [0.2, 0.25) is 10.0 Å². The molecule has 8 heteroatoms. The van der Waals surface area contributed by atoms with Crippen molar-refractivity contribution >= 4 is 21.4 Å². The van der Waals surface area contributed by atoms with Crippen molar-refractivity contribution in [3.05, 3.63) is 27.5 Å². The smallest absolute Gasteiger partial charge is 0.248 e. The predicted octanol–water partition coefficient (Wildman–Crippen LogP) is 1.92. The molecule has 2 aromatic heterocycles. The SMILES string of the molecule is Cc1ncsc1CCN(C)S(=O)(=O)c1c(C)noc1C. The number of hydrogen-bond donors (Lipinski definition) is 0. The fourth-order valence-corrected chi connectivity index (χ4v) is 4.17. The van der Waals surface area contributed by atoms with Crippen molar-refractivity contribution in [2.24, 2.45) is 0 Å². The van der Waals surface area contributed by atoms with E-state index in [2.05, 4.69) is 10.1 Å². The second-order valence-corrected chi connectivity index (χ2v) is 7.51. The van der Waals surface area contributed by atoms with Crippen LogP contribution in [0.25, 0.3) is 0 Å². The molecule has 0 aromatic carbocycles. The summed E-state index contributed by atoms with van der Waals surface area (Å²) in [4.78, 5) is 5.43. The molecular formula is C12H17N3O3S2. The normalized spacial score (nSPS) is 12.2. The highest BCUT2D eigenvalue weighted by Gasteiger charge is 2.28. The van der Waals surface area contributed by atoms with Gasteiger partial charge in [-0.1, -0.05) is 5.16 Å². The van der Waals surface area contributed by atoms with Crippen molar-refractivity contribution in [3.8, 4) is 0 Å². The average Bonchev–Trinajstić information content (AvgIpc) is 2.93. The van der Waals surface area contributed by atoms with Gasteiger partial charge in [-0.25, -0.2) is 17.7 Å². The van der Waals surface area contributed by atoms with E-state index >= 15 is 0 Å². The molecule has 0 unspecified atom stereocenters. The lowest BCUT2D eigenvalue weighted by molar-refractivity contribution is 0.390. The number of aryl methyl sites for hydroxylation is 3. The summed E-state index contributed by atoms with van der Waals surface area (Å²) in [6, 6.07) is 0. The molecule has 110 valence electrons. The number of rotatable bonds is 5. The van der Waals surface area contributed by atoms with E-state index in [1.165, 1.54) is 4.31 Å². The standard InChI is InChI=1S/C12H17N3O3S2/c1-8-11(19-7-13-8)5-6-15(4)20(16,17)12-9(2)14-18-10(12)3/h7H,5-6H2,1-4H3. The predicted molar refractivity (Wildman–Crippen MR) is 76.3 cm³/mol. The summed E-state index contributed by atoms with van der Waals surface area (Å²) in [5.41, 5.74) is 3.12. The third-order valence-corrected chi connectivity index (χ3v) is 6.23. The second-order valence-electron chi connectivity index (χ2n) is 4.59. The van der Waals surface area contributed by atoms with Crippen LogP contribution in [0.4, 0.5) is 0 Å². The monoisotopic (exact) mass is 315 g/mol. The number of hydrogen-bond acceptors (Lipinski definition) is 6. The average molecular weight is 315 g/mol. The number of sulfonamides is 1. The Bertz CT molecular complexity index is 684. The molecule has 0 aliphatic heterocycles. The van der Waals surface area contributed by atoms with Crippen LogP contribution in [0.1, 0.15) is 22.0 Å². The van der Waals surface area contributed by atoms with Crippen molar-refractivity contribution in [2.75, 3.05) is 13.6 Å². The van der Waals surface area contributed by atoms with E-state index in [1.54, 1.807) is 37.7 Å². The van der Waals surface area contributed by atoms with E-state index in [0.717, 1.165) is 10.6 Å². The van der Waals surface area contributed by atoms with Crippen LogP contribution in [0.15, 0.2) is 14.9 Å². The highest BCUT2D eigenvalue weighted by molar-refractivity contribution is 7.89. The minimum Gasteiger partial charge on any atom is -0.360 e. The molecular weight excluding hydrogens is 298 g/mol. The van der Waals surface area contributed by atoms with Crippen molar-refractivity contribution in [3.63, 3.8) is 0 Å². The van der Waals surface area contributed by atoms with Gasteiger partial charge in [0.05, 0.1) is 11.2 Å². The zero-order chi connectivity index (χ0) is 14.9. The van der Waals surface area contributed by atoms with E-state index in [0.29, 0.717) is 24.4 Å². The van der Waals surface area contributed by atoms with Crippen LogP contribution in [-0.2, 0) is 16.4 Å². The zero-order valence-corrected chi connectivity index (χ0v) is 13.5. The Morgan fingerprint density at radius 1 is 1.30 bits per heavy atom. The molecule has 0 bridgehead atoms. The summed E-state index contributed by atoms with van der Waals surface area (Å²) >= 11 is 1.54. The fourth-order valence-electron chi connectivity index (χ4n) is 1.94. The molecule has 2 rings (SSSR count). The van der Waals surface area contributed by atoms with Gasteiger partial charge in [-0.05, 0) is 27.2 Å². The van der Waals surface area contributed by atoms with E-state index < -0.39 is 10.0 Å². The molecule has 0 N–H and O–H groups in total. The number of aromatic nitrogens is 2. The summed E-state index contributed by atoms with van der Waals surface area (Å²) in [5.74, 6) is 0.323. The molecule has 0 spiro atoms. The molecule has 0 fully saturated rings. The number of thiazole rings is 1. The minimum atomic E-state index is -3.56. The lowest BCUT2D eigenvalue weighted by atomic mass is 10.3. The van der Waals surface area contributed by atoms with Crippen LogP contribution < -0.4 is 0 Å². The third kappa shape index (κ3) is 2.77. The maximum atomic E-state index is 12.5. The van der Waals surface area contributed by atoms with E-state index in [4.69, 9.17) is 4.52 Å². The Hall–Kier alpha value is -1.25. The van der Waals surface area contributed by atoms with E-state index in [1.807, 2.05) is 6.92 Å². The molecule has 2 heterocycles. The summed E-state index contributed by atoms with van der Waals surface area (Å²) in [6.07, 6.45) is 0.648. The molecule has 20 heavy (non-hydrogen) atoms. The van der Waals surface area contributed by atoms with Crippen LogP contribution >= 0.6 is 11.3 Å². The molecule has 6 nitrogen and oxygen atoms in total. The molecule has 0 saturated carbocycles. The van der Waals surface area contributed by atoms with Gasteiger partial charge in [0.15, 0.2) is 5.76 Å². The molecule has 0 aliphatic rings. The summed E-state index contributed by atoms with van der Waals surface area (Å²) in [7, 11) is -1.99. The van der Waals surface area contributed by atoms with E-state index in [-0.39, 0.29) is 4.90 Å². The van der Waals surface area contributed by atoms with Gasteiger partial charge >= 0.3 is 0 Å². The maximum Gasteiger partial charge on any atom is 0.248 e. The quantitative estimate of drug-likeness (QED) is 0.842. The van der Waals surface area contributed by atoms with Gasteiger partial charge in [0, 0.05) is 18.5 Å². The fraction of sp³-hybridized carbons (Fsp3) is 0.500. The Balaban J connectivity index is 2.16. The summed E-state index contributed by atoms with van der Waals surface area (Å²) < 4.78 is 31.3. The Labute approximate surface area is 122 Å². The van der Waals surface area contributed by atoms with Gasteiger partial charge in [0.1, 0.15) is 10.6 Å². The largest absolute Gasteiger partial charge is 0.360 e. The molecule has 2 aromatic rings. The topological polar surface area (TPSA) is 76.3 Å². The van der Waals surface area contributed by atoms with Crippen molar-refractivity contribution in [1.29, 1.82) is 0 Å². The van der Waals surface area contributed by atoms with Crippen molar-refractivity contribution < 1.29 is 12.9 Å². The van der Waals surface area contributed by atoms with Crippen LogP contribution in [0.3, 0.4) is 0 Å². The zero-order valence-electron chi connectivity index (χ0n) is 11.9. The van der Waals surface area contributed by atoms with Crippen molar-refractivity contribution in [2.45, 2.75) is 32.1 Å². The molecule has 0 amide bonds. The number of nitrogens with zero attached hydrogens (tertiary/aromatic N) is 3. The van der Waals surface area contributed by atoms with Gasteiger partial charge in [-0.3, -0.25) is 0 Å². The van der Waals surface area contributed by atoms with Gasteiger partial charge < -0.3 is 4.52 Å². The summed E-state index contributed by atoms with van der Waals surface area (Å²) in [6.45, 7) is 5.56. The Morgan fingerprint density at radius 3 is 2.50 bits per heavy atom. The van der Waals surface area contributed by atoms with Crippen LogP contribution in [0.2, 0.25) is 0 Å². The van der Waals surface area contributed by atoms with Crippen LogP contribution in [0.5, 0.6) is 0 Å². The minimum absolute atomic E-state index is 0.168. The molecule has 0 atom stereocenters. The van der Waals surface area contributed by atoms with Gasteiger partial charge in [-0.15, -0.1) is 11.3 Å². The van der Waals surface area contributed by atoms with Gasteiger partial charge in [0.25, 0.3) is 0 Å².